The van der Waals surface area contributed by atoms with Crippen molar-refractivity contribution in [2.45, 2.75) is 214 Å². The first-order chi connectivity index (χ1) is 28.1. The van der Waals surface area contributed by atoms with Crippen LogP contribution in [0.2, 0.25) is 0 Å². The van der Waals surface area contributed by atoms with Gasteiger partial charge in [0.25, 0.3) is 0 Å². The summed E-state index contributed by atoms with van der Waals surface area (Å²) in [4.78, 5) is 2.23. The molecule has 1 unspecified atom stereocenters. The van der Waals surface area contributed by atoms with Crippen LogP contribution in [0.5, 0.6) is 0 Å². The zero-order chi connectivity index (χ0) is 41.6. The average molecular weight is 808 g/mol. The number of rotatable bonds is 31. The van der Waals surface area contributed by atoms with E-state index < -0.39 is 0 Å². The maximum absolute atomic E-state index is 6.59. The quantitative estimate of drug-likeness (QED) is 0.0516. The van der Waals surface area contributed by atoms with Gasteiger partial charge in [0.1, 0.15) is 0 Å². The summed E-state index contributed by atoms with van der Waals surface area (Å²) in [6.07, 6.45) is 45.4. The molecule has 0 aromatic carbocycles. The fourth-order valence-corrected chi connectivity index (χ4v) is 12.5. The van der Waals surface area contributed by atoms with E-state index in [1.165, 1.54) is 135 Å². The van der Waals surface area contributed by atoms with Gasteiger partial charge in [0.15, 0.2) is 0 Å². The van der Waals surface area contributed by atoms with Gasteiger partial charge in [-0.2, -0.15) is 0 Å². The van der Waals surface area contributed by atoms with Crippen LogP contribution < -0.4 is 0 Å². The normalized spacial score (nSPS) is 29.6. The number of likely N-dealkylation sites (N-methyl/N-ethyl adjacent to an activating group) is 1. The van der Waals surface area contributed by atoms with Gasteiger partial charge >= 0.3 is 0 Å². The lowest BCUT2D eigenvalue weighted by Crippen LogP contribution is -2.51. The molecule has 0 amide bonds. The first-order valence-electron chi connectivity index (χ1n) is 25.5. The molecule has 0 aliphatic heterocycles. The Kier molecular flexibility index (Phi) is 23.3. The molecule has 58 heavy (non-hydrogen) atoms. The summed E-state index contributed by atoms with van der Waals surface area (Å²) in [5.41, 5.74) is 2.74. The van der Waals surface area contributed by atoms with Crippen LogP contribution in [0.1, 0.15) is 202 Å². The summed E-state index contributed by atoms with van der Waals surface area (Å²) in [6, 6.07) is 0. The molecule has 0 N–H and O–H groups in total. The van der Waals surface area contributed by atoms with Gasteiger partial charge in [-0.1, -0.05) is 135 Å². The number of nitrogens with zero attached hydrogens (tertiary/aromatic N) is 1. The second kappa shape index (κ2) is 27.2. The zero-order valence-electron chi connectivity index (χ0n) is 39.9. The number of hydrogen-bond donors (Lipinski definition) is 0. The van der Waals surface area contributed by atoms with Crippen molar-refractivity contribution in [3.63, 3.8) is 0 Å². The number of fused-ring (bicyclic) bond motifs is 5. The summed E-state index contributed by atoms with van der Waals surface area (Å²) in [7, 11) is 4.27. The van der Waals surface area contributed by atoms with Crippen LogP contribution in [0.3, 0.4) is 0 Å². The van der Waals surface area contributed by atoms with Gasteiger partial charge in [-0.3, -0.25) is 0 Å². The minimum atomic E-state index is 0.143. The van der Waals surface area contributed by atoms with Gasteiger partial charge in [-0.15, -0.1) is 0 Å². The SMILES string of the molecule is CCCCC/C=C\C/C=C\CCCCCCCCOC[C@@H](CN(C)C)OCCCCO[C@H]1CC[C@@]2(C)C(=CC[C@@H]3C2CC[C@]2(C)[C@@H]([C@H](C)CCCC(C)C)CC[C@@H]32)C1. The van der Waals surface area contributed by atoms with E-state index in [2.05, 4.69) is 90.9 Å². The van der Waals surface area contributed by atoms with Gasteiger partial charge in [0, 0.05) is 26.4 Å². The van der Waals surface area contributed by atoms with E-state index >= 15 is 0 Å². The lowest BCUT2D eigenvalue weighted by Gasteiger charge is -2.58. The molecule has 0 radical (unpaired) electrons. The molecule has 4 aliphatic rings. The zero-order valence-corrected chi connectivity index (χ0v) is 39.9. The highest BCUT2D eigenvalue weighted by atomic mass is 16.5. The van der Waals surface area contributed by atoms with E-state index in [4.69, 9.17) is 14.2 Å². The standard InChI is InChI=1S/C54H97NO3/c1-9-10-11-12-13-14-15-16-17-18-19-20-21-22-23-24-38-56-43-48(42-55(7)8)58-40-26-25-39-57-47-34-36-53(5)46(41-47)30-31-49-51-33-32-50(45(4)29-27-28-44(2)3)54(51,6)37-35-52(49)53/h13-14,16-17,30,44-45,47-52H,9-12,15,18-29,31-43H2,1-8H3/b14-13-,17-16-/t45-,47+,48-,49+,50-,51+,52?,53+,54-/m1/s1. The topological polar surface area (TPSA) is 30.9 Å². The largest absolute Gasteiger partial charge is 0.379 e. The van der Waals surface area contributed by atoms with Gasteiger partial charge < -0.3 is 19.1 Å². The first-order valence-corrected chi connectivity index (χ1v) is 25.5. The average Bonchev–Trinajstić information content (AvgIpc) is 3.55. The molecule has 0 aromatic heterocycles. The number of unbranched alkanes of at least 4 members (excludes halogenated alkanes) is 10. The Morgan fingerprint density at radius 2 is 1.45 bits per heavy atom. The molecule has 4 nitrogen and oxygen atoms in total. The third-order valence-corrected chi connectivity index (χ3v) is 15.9. The summed E-state index contributed by atoms with van der Waals surface area (Å²) in [5, 5.41) is 0. The highest BCUT2D eigenvalue weighted by Gasteiger charge is 2.59. The lowest BCUT2D eigenvalue weighted by atomic mass is 9.47. The van der Waals surface area contributed by atoms with Gasteiger partial charge in [-0.25, -0.2) is 0 Å². The molecule has 0 spiro atoms. The molecule has 4 aliphatic carbocycles. The Morgan fingerprint density at radius 3 is 2.19 bits per heavy atom. The Hall–Kier alpha value is -0.940. The molecule has 0 saturated heterocycles. The van der Waals surface area contributed by atoms with Crippen molar-refractivity contribution in [1.29, 1.82) is 0 Å². The van der Waals surface area contributed by atoms with Crippen LogP contribution in [0.25, 0.3) is 0 Å². The Balaban J connectivity index is 1.04. The summed E-state index contributed by atoms with van der Waals surface area (Å²) >= 11 is 0. The van der Waals surface area contributed by atoms with Crippen molar-refractivity contribution in [3.8, 4) is 0 Å². The van der Waals surface area contributed by atoms with Gasteiger partial charge in [0.2, 0.25) is 0 Å². The van der Waals surface area contributed by atoms with Gasteiger partial charge in [0.05, 0.1) is 18.8 Å². The number of ether oxygens (including phenoxy) is 3. The molecule has 3 saturated carbocycles. The molecule has 9 atom stereocenters. The number of allylic oxidation sites excluding steroid dienone is 5. The Bertz CT molecular complexity index is 1170. The fraction of sp³-hybridized carbons (Fsp3) is 0.889. The third-order valence-electron chi connectivity index (χ3n) is 15.9. The minimum absolute atomic E-state index is 0.143. The van der Waals surface area contributed by atoms with E-state index in [1.54, 1.807) is 5.57 Å². The first kappa shape index (κ1) is 49.7. The predicted octanol–water partition coefficient (Wildman–Crippen LogP) is 15.0. The maximum atomic E-state index is 6.59. The summed E-state index contributed by atoms with van der Waals surface area (Å²) in [5.74, 6) is 5.43. The summed E-state index contributed by atoms with van der Waals surface area (Å²) in [6.45, 7) is 19.2. The minimum Gasteiger partial charge on any atom is -0.379 e. The molecule has 0 aromatic rings. The van der Waals surface area contributed by atoms with Crippen molar-refractivity contribution >= 4 is 0 Å². The number of hydrogen-bond acceptors (Lipinski definition) is 4. The highest BCUT2D eigenvalue weighted by Crippen LogP contribution is 2.67. The van der Waals surface area contributed by atoms with Crippen molar-refractivity contribution in [1.82, 2.24) is 4.90 Å². The van der Waals surface area contributed by atoms with E-state index in [-0.39, 0.29) is 6.10 Å². The predicted molar refractivity (Wildman–Crippen MR) is 250 cm³/mol. The van der Waals surface area contributed by atoms with Crippen LogP contribution >= 0.6 is 0 Å². The fourth-order valence-electron chi connectivity index (χ4n) is 12.5. The molecule has 4 heteroatoms. The molecule has 4 rings (SSSR count). The molecular weight excluding hydrogens is 711 g/mol. The molecule has 3 fully saturated rings. The molecule has 336 valence electrons. The van der Waals surface area contributed by atoms with E-state index in [0.29, 0.717) is 23.5 Å². The van der Waals surface area contributed by atoms with Crippen molar-refractivity contribution in [2.75, 3.05) is 47.1 Å². The van der Waals surface area contributed by atoms with E-state index in [9.17, 15) is 0 Å². The molecule has 0 bridgehead atoms. The Labute approximate surface area is 361 Å². The Morgan fingerprint density at radius 1 is 0.741 bits per heavy atom. The van der Waals surface area contributed by atoms with Gasteiger partial charge in [-0.05, 0) is 163 Å². The van der Waals surface area contributed by atoms with E-state index in [1.807, 2.05) is 0 Å². The van der Waals surface area contributed by atoms with Crippen molar-refractivity contribution < 1.29 is 14.2 Å². The lowest BCUT2D eigenvalue weighted by molar-refractivity contribution is -0.0648. The summed E-state index contributed by atoms with van der Waals surface area (Å²) < 4.78 is 19.1. The van der Waals surface area contributed by atoms with Crippen LogP contribution in [0, 0.1) is 46.3 Å². The van der Waals surface area contributed by atoms with E-state index in [0.717, 1.165) is 87.6 Å². The van der Waals surface area contributed by atoms with Crippen LogP contribution in [-0.4, -0.2) is 64.2 Å². The second-order valence-electron chi connectivity index (χ2n) is 21.1. The second-order valence-corrected chi connectivity index (χ2v) is 21.1. The van der Waals surface area contributed by atoms with Crippen LogP contribution in [0.4, 0.5) is 0 Å². The maximum Gasteiger partial charge on any atom is 0.0934 e. The monoisotopic (exact) mass is 808 g/mol. The molecule has 0 heterocycles. The smallest absolute Gasteiger partial charge is 0.0934 e. The van der Waals surface area contributed by atoms with Crippen LogP contribution in [-0.2, 0) is 14.2 Å². The van der Waals surface area contributed by atoms with Crippen molar-refractivity contribution in [2.24, 2.45) is 46.3 Å². The third kappa shape index (κ3) is 16.1. The molecular formula is C54H97NO3. The van der Waals surface area contributed by atoms with Crippen LogP contribution in [0.15, 0.2) is 36.0 Å². The van der Waals surface area contributed by atoms with Crippen molar-refractivity contribution in [3.05, 3.63) is 36.0 Å². The highest BCUT2D eigenvalue weighted by molar-refractivity contribution is 5.25.